The molecule has 1 atom stereocenters. The molecule has 5 nitrogen and oxygen atoms in total. The maximum absolute atomic E-state index is 12.1. The number of ether oxygens (including phenoxy) is 1. The summed E-state index contributed by atoms with van der Waals surface area (Å²) in [6, 6.07) is 7.27. The number of amides is 2. The molecule has 0 unspecified atom stereocenters. The van der Waals surface area contributed by atoms with Crippen LogP contribution >= 0.6 is 0 Å². The molecule has 126 valence electrons. The lowest BCUT2D eigenvalue weighted by atomic mass is 9.86. The van der Waals surface area contributed by atoms with Gasteiger partial charge in [-0.3, -0.25) is 9.59 Å². The molecule has 1 aromatic carbocycles. The Labute approximate surface area is 137 Å². The van der Waals surface area contributed by atoms with E-state index in [9.17, 15) is 9.59 Å². The lowest BCUT2D eigenvalue weighted by molar-refractivity contribution is -0.129. The van der Waals surface area contributed by atoms with E-state index in [-0.39, 0.29) is 23.8 Å². The van der Waals surface area contributed by atoms with E-state index < -0.39 is 6.04 Å². The molecule has 1 aliphatic rings. The Morgan fingerprint density at radius 2 is 2.04 bits per heavy atom. The van der Waals surface area contributed by atoms with Crippen LogP contribution in [0.1, 0.15) is 45.6 Å². The van der Waals surface area contributed by atoms with E-state index >= 15 is 0 Å². The van der Waals surface area contributed by atoms with Crippen molar-refractivity contribution < 1.29 is 14.3 Å². The summed E-state index contributed by atoms with van der Waals surface area (Å²) in [6.07, 6.45) is 2.56. The van der Waals surface area contributed by atoms with E-state index in [4.69, 9.17) is 4.74 Å². The highest BCUT2D eigenvalue weighted by atomic mass is 16.5. The zero-order valence-electron chi connectivity index (χ0n) is 14.1. The molecule has 1 saturated heterocycles. The first-order valence-electron chi connectivity index (χ1n) is 8.17. The average molecular weight is 318 g/mol. The molecule has 1 aliphatic heterocycles. The molecule has 23 heavy (non-hydrogen) atoms. The average Bonchev–Trinajstić information content (AvgIpc) is 2.70. The first-order valence-corrected chi connectivity index (χ1v) is 8.17. The van der Waals surface area contributed by atoms with Crippen molar-refractivity contribution in [3.05, 3.63) is 29.8 Å². The van der Waals surface area contributed by atoms with Gasteiger partial charge in [0.15, 0.2) is 6.61 Å². The second kappa shape index (κ2) is 7.49. The first-order chi connectivity index (χ1) is 10.9. The van der Waals surface area contributed by atoms with Crippen LogP contribution in [0, 0.1) is 0 Å². The van der Waals surface area contributed by atoms with Crippen LogP contribution in [-0.2, 0) is 15.0 Å². The number of carbonyl (C=O) groups is 2. The summed E-state index contributed by atoms with van der Waals surface area (Å²) in [5.74, 6) is 0.335. The van der Waals surface area contributed by atoms with E-state index in [1.807, 2.05) is 24.3 Å². The Morgan fingerprint density at radius 3 is 2.78 bits per heavy atom. The highest BCUT2D eigenvalue weighted by Gasteiger charge is 2.23. The summed E-state index contributed by atoms with van der Waals surface area (Å²) in [4.78, 5) is 23.9. The molecule has 0 bridgehead atoms. The van der Waals surface area contributed by atoms with E-state index in [0.29, 0.717) is 18.7 Å². The minimum Gasteiger partial charge on any atom is -0.483 e. The lowest BCUT2D eigenvalue weighted by Crippen LogP contribution is -2.46. The van der Waals surface area contributed by atoms with Crippen molar-refractivity contribution in [3.8, 4) is 5.75 Å². The fourth-order valence-electron chi connectivity index (χ4n) is 2.67. The Bertz CT molecular complexity index is 564. The zero-order chi connectivity index (χ0) is 16.9. The van der Waals surface area contributed by atoms with Crippen LogP contribution in [0.15, 0.2) is 24.3 Å². The van der Waals surface area contributed by atoms with Crippen LogP contribution in [0.25, 0.3) is 0 Å². The minimum absolute atomic E-state index is 0.0613. The maximum Gasteiger partial charge on any atom is 0.258 e. The largest absolute Gasteiger partial charge is 0.483 e. The van der Waals surface area contributed by atoms with Gasteiger partial charge in [-0.1, -0.05) is 39.0 Å². The molecule has 0 aromatic heterocycles. The Morgan fingerprint density at radius 1 is 1.30 bits per heavy atom. The van der Waals surface area contributed by atoms with Crippen LogP contribution in [0.5, 0.6) is 5.75 Å². The number of hydrogen-bond donors (Lipinski definition) is 2. The smallest absolute Gasteiger partial charge is 0.258 e. The summed E-state index contributed by atoms with van der Waals surface area (Å²) in [5, 5.41) is 5.57. The lowest BCUT2D eigenvalue weighted by Gasteiger charge is -2.23. The third kappa shape index (κ3) is 4.98. The predicted molar refractivity (Wildman–Crippen MR) is 89.4 cm³/mol. The molecule has 1 heterocycles. The van der Waals surface area contributed by atoms with Crippen molar-refractivity contribution in [2.75, 3.05) is 13.2 Å². The van der Waals surface area contributed by atoms with Gasteiger partial charge in [-0.25, -0.2) is 0 Å². The number of nitrogens with one attached hydrogen (secondary N) is 2. The summed E-state index contributed by atoms with van der Waals surface area (Å²) in [6.45, 7) is 6.90. The second-order valence-electron chi connectivity index (χ2n) is 6.94. The predicted octanol–water partition coefficient (Wildman–Crippen LogP) is 2.15. The highest BCUT2D eigenvalue weighted by molar-refractivity contribution is 5.88. The van der Waals surface area contributed by atoms with Gasteiger partial charge >= 0.3 is 0 Å². The zero-order valence-corrected chi connectivity index (χ0v) is 14.1. The summed E-state index contributed by atoms with van der Waals surface area (Å²) < 4.78 is 5.69. The monoisotopic (exact) mass is 318 g/mol. The number of benzene rings is 1. The molecule has 1 fully saturated rings. The van der Waals surface area contributed by atoms with Gasteiger partial charge in [0.1, 0.15) is 11.8 Å². The molecule has 1 aromatic rings. The van der Waals surface area contributed by atoms with Crippen LogP contribution in [-0.4, -0.2) is 31.0 Å². The van der Waals surface area contributed by atoms with Crippen LogP contribution in [0.3, 0.4) is 0 Å². The standard InChI is InChI=1S/C18H26N2O3/c1-18(2,3)13-8-4-5-10-15(13)23-12-16(21)20-14-9-6-7-11-19-17(14)22/h4-5,8,10,14H,6-7,9,11-12H2,1-3H3,(H,19,22)(H,20,21)/t14-/m0/s1. The molecular formula is C18H26N2O3. The topological polar surface area (TPSA) is 67.4 Å². The van der Waals surface area contributed by atoms with Gasteiger partial charge in [0.05, 0.1) is 0 Å². The van der Waals surface area contributed by atoms with E-state index in [1.165, 1.54) is 0 Å². The third-order valence-electron chi connectivity index (χ3n) is 3.92. The van der Waals surface area contributed by atoms with Gasteiger partial charge in [-0.15, -0.1) is 0 Å². The third-order valence-corrected chi connectivity index (χ3v) is 3.92. The van der Waals surface area contributed by atoms with Crippen LogP contribution < -0.4 is 15.4 Å². The molecule has 5 heteroatoms. The summed E-state index contributed by atoms with van der Waals surface area (Å²) >= 11 is 0. The molecule has 0 radical (unpaired) electrons. The van der Waals surface area contributed by atoms with Gasteiger partial charge < -0.3 is 15.4 Å². The number of para-hydroxylation sites is 1. The van der Waals surface area contributed by atoms with Crippen molar-refractivity contribution >= 4 is 11.8 Å². The highest BCUT2D eigenvalue weighted by Crippen LogP contribution is 2.30. The van der Waals surface area contributed by atoms with Gasteiger partial charge in [-0.2, -0.15) is 0 Å². The molecular weight excluding hydrogens is 292 g/mol. The molecule has 2 N–H and O–H groups in total. The fraction of sp³-hybridized carbons (Fsp3) is 0.556. The number of hydrogen-bond acceptors (Lipinski definition) is 3. The number of rotatable bonds is 4. The Balaban J connectivity index is 1.93. The maximum atomic E-state index is 12.1. The quantitative estimate of drug-likeness (QED) is 0.894. The van der Waals surface area contributed by atoms with Gasteiger partial charge in [0, 0.05) is 6.54 Å². The Hall–Kier alpha value is -2.04. The minimum atomic E-state index is -0.452. The summed E-state index contributed by atoms with van der Waals surface area (Å²) in [7, 11) is 0. The van der Waals surface area contributed by atoms with Crippen molar-refractivity contribution in [1.82, 2.24) is 10.6 Å². The van der Waals surface area contributed by atoms with Crippen LogP contribution in [0.2, 0.25) is 0 Å². The Kier molecular flexibility index (Phi) is 5.64. The van der Waals surface area contributed by atoms with Gasteiger partial charge in [-0.05, 0) is 36.3 Å². The fourth-order valence-corrected chi connectivity index (χ4v) is 2.67. The normalized spacial score (nSPS) is 18.7. The SMILES string of the molecule is CC(C)(C)c1ccccc1OCC(=O)N[C@H]1CCCCNC1=O. The summed E-state index contributed by atoms with van der Waals surface area (Å²) in [5.41, 5.74) is 0.994. The molecule has 0 saturated carbocycles. The van der Waals surface area contributed by atoms with E-state index in [1.54, 1.807) is 0 Å². The second-order valence-corrected chi connectivity index (χ2v) is 6.94. The van der Waals surface area contributed by atoms with E-state index in [2.05, 4.69) is 31.4 Å². The van der Waals surface area contributed by atoms with Crippen LogP contribution in [0.4, 0.5) is 0 Å². The molecule has 2 amide bonds. The van der Waals surface area contributed by atoms with Gasteiger partial charge in [0.25, 0.3) is 5.91 Å². The van der Waals surface area contributed by atoms with Gasteiger partial charge in [0.2, 0.25) is 5.91 Å². The van der Waals surface area contributed by atoms with E-state index in [0.717, 1.165) is 18.4 Å². The number of carbonyl (C=O) groups excluding carboxylic acids is 2. The molecule has 0 spiro atoms. The molecule has 0 aliphatic carbocycles. The van der Waals surface area contributed by atoms with Crippen molar-refractivity contribution in [2.45, 2.75) is 51.5 Å². The van der Waals surface area contributed by atoms with Crippen molar-refractivity contribution in [3.63, 3.8) is 0 Å². The van der Waals surface area contributed by atoms with Crippen molar-refractivity contribution in [1.29, 1.82) is 0 Å². The first kappa shape index (κ1) is 17.3. The van der Waals surface area contributed by atoms with Crippen molar-refractivity contribution in [2.24, 2.45) is 0 Å². The molecule has 2 rings (SSSR count).